The van der Waals surface area contributed by atoms with Gasteiger partial charge in [0.15, 0.2) is 0 Å². The third-order valence-corrected chi connectivity index (χ3v) is 5.80. The molecule has 0 aliphatic carbocycles. The number of nitrogens with zero attached hydrogens (tertiary/aromatic N) is 1. The minimum atomic E-state index is -4.23. The van der Waals surface area contributed by atoms with Gasteiger partial charge < -0.3 is 10.2 Å². The average Bonchev–Trinajstić information content (AvgIpc) is 2.53. The first kappa shape index (κ1) is 19.2. The zero-order valence-corrected chi connectivity index (χ0v) is 15.5. The van der Waals surface area contributed by atoms with Gasteiger partial charge in [0, 0.05) is 4.47 Å². The fraction of sp³-hybridized carbons (Fsp3) is 0.0667. The van der Waals surface area contributed by atoms with Crippen molar-refractivity contribution < 1.29 is 28.2 Å². The van der Waals surface area contributed by atoms with E-state index in [1.54, 1.807) is 0 Å². The molecule has 0 radical (unpaired) electrons. The molecule has 0 aromatic heterocycles. The second-order valence-electron chi connectivity index (χ2n) is 4.83. The van der Waals surface area contributed by atoms with Crippen molar-refractivity contribution in [2.45, 2.75) is 4.90 Å². The van der Waals surface area contributed by atoms with Crippen LogP contribution in [0, 0.1) is 0 Å². The van der Waals surface area contributed by atoms with Crippen LogP contribution in [-0.4, -0.2) is 37.1 Å². The molecule has 132 valence electrons. The van der Waals surface area contributed by atoms with Crippen LogP contribution in [0.15, 0.2) is 51.8 Å². The lowest BCUT2D eigenvalue weighted by molar-refractivity contribution is -0.135. The van der Waals surface area contributed by atoms with Crippen LogP contribution in [0.25, 0.3) is 0 Å². The van der Waals surface area contributed by atoms with Crippen molar-refractivity contribution in [3.05, 3.63) is 57.5 Å². The number of halogens is 2. The van der Waals surface area contributed by atoms with Crippen LogP contribution in [-0.2, 0) is 14.8 Å². The zero-order chi connectivity index (χ0) is 18.8. The van der Waals surface area contributed by atoms with Crippen LogP contribution < -0.4 is 4.31 Å². The average molecular weight is 449 g/mol. The van der Waals surface area contributed by atoms with Gasteiger partial charge >= 0.3 is 11.9 Å². The molecule has 2 rings (SSSR count). The second kappa shape index (κ2) is 7.42. The standard InChI is InChI=1S/C15H11BrClNO6S/c16-9-1-4-11(5-2-9)25(23,24)18(8-14(19)20)10-3-6-13(17)12(7-10)15(21)22/h1-7H,8H2,(H,19,20)(H,21,22). The maximum atomic E-state index is 12.8. The molecule has 7 nitrogen and oxygen atoms in total. The van der Waals surface area contributed by atoms with Gasteiger partial charge in [-0.25, -0.2) is 13.2 Å². The number of hydrogen-bond donors (Lipinski definition) is 2. The number of carboxylic acid groups (broad SMARTS) is 2. The van der Waals surface area contributed by atoms with E-state index in [-0.39, 0.29) is 21.2 Å². The van der Waals surface area contributed by atoms with Crippen LogP contribution in [0.5, 0.6) is 0 Å². The van der Waals surface area contributed by atoms with Crippen molar-refractivity contribution in [1.29, 1.82) is 0 Å². The molecule has 25 heavy (non-hydrogen) atoms. The molecule has 2 aromatic carbocycles. The van der Waals surface area contributed by atoms with Crippen molar-refractivity contribution in [2.24, 2.45) is 0 Å². The summed E-state index contributed by atoms with van der Waals surface area (Å²) in [4.78, 5) is 22.2. The molecule has 0 saturated carbocycles. The van der Waals surface area contributed by atoms with Crippen molar-refractivity contribution in [3.63, 3.8) is 0 Å². The molecule has 0 saturated heterocycles. The molecule has 2 aromatic rings. The summed E-state index contributed by atoms with van der Waals surface area (Å²) in [6, 6.07) is 9.07. The van der Waals surface area contributed by atoms with Crippen molar-refractivity contribution in [1.82, 2.24) is 0 Å². The summed E-state index contributed by atoms with van der Waals surface area (Å²) in [6.45, 7) is -0.876. The van der Waals surface area contributed by atoms with Crippen LogP contribution in [0.4, 0.5) is 5.69 Å². The molecular formula is C15H11BrClNO6S. The Bertz CT molecular complexity index is 930. The van der Waals surface area contributed by atoms with Crippen LogP contribution in [0.3, 0.4) is 0 Å². The first-order chi connectivity index (χ1) is 11.6. The van der Waals surface area contributed by atoms with Gasteiger partial charge in [-0.1, -0.05) is 27.5 Å². The zero-order valence-electron chi connectivity index (χ0n) is 12.4. The third-order valence-electron chi connectivity index (χ3n) is 3.15. The molecular weight excluding hydrogens is 438 g/mol. The highest BCUT2D eigenvalue weighted by molar-refractivity contribution is 9.10. The molecule has 2 N–H and O–H groups in total. The molecule has 0 amide bonds. The Morgan fingerprint density at radius 1 is 1.08 bits per heavy atom. The summed E-state index contributed by atoms with van der Waals surface area (Å²) in [6.07, 6.45) is 0. The van der Waals surface area contributed by atoms with Crippen LogP contribution >= 0.6 is 27.5 Å². The maximum Gasteiger partial charge on any atom is 0.337 e. The van der Waals surface area contributed by atoms with Crippen LogP contribution in [0.1, 0.15) is 10.4 Å². The topological polar surface area (TPSA) is 112 Å². The van der Waals surface area contributed by atoms with E-state index in [9.17, 15) is 18.0 Å². The smallest absolute Gasteiger partial charge is 0.337 e. The highest BCUT2D eigenvalue weighted by Gasteiger charge is 2.28. The number of aromatic carboxylic acids is 1. The number of aliphatic carboxylic acids is 1. The van der Waals surface area contributed by atoms with Gasteiger partial charge in [-0.05, 0) is 42.5 Å². The summed E-state index contributed by atoms with van der Waals surface area (Å²) in [7, 11) is -4.23. The Balaban J connectivity index is 2.60. The summed E-state index contributed by atoms with van der Waals surface area (Å²) in [5.41, 5.74) is -0.451. The lowest BCUT2D eigenvalue weighted by atomic mass is 10.2. The molecule has 0 fully saturated rings. The Morgan fingerprint density at radius 3 is 2.20 bits per heavy atom. The predicted octanol–water partition coefficient (Wildman–Crippen LogP) is 3.08. The molecule has 0 heterocycles. The van der Waals surface area contributed by atoms with E-state index in [1.165, 1.54) is 36.4 Å². The van der Waals surface area contributed by atoms with Gasteiger partial charge in [-0.15, -0.1) is 0 Å². The highest BCUT2D eigenvalue weighted by atomic mass is 79.9. The fourth-order valence-corrected chi connectivity index (χ4v) is 3.87. The van der Waals surface area contributed by atoms with E-state index in [2.05, 4.69) is 15.9 Å². The number of sulfonamides is 1. The van der Waals surface area contributed by atoms with Gasteiger partial charge in [0.1, 0.15) is 6.54 Å². The monoisotopic (exact) mass is 447 g/mol. The summed E-state index contributed by atoms with van der Waals surface area (Å²) >= 11 is 8.97. The van der Waals surface area contributed by atoms with Gasteiger partial charge in [-0.2, -0.15) is 0 Å². The summed E-state index contributed by atoms with van der Waals surface area (Å²) in [5, 5.41) is 18.1. The lowest BCUT2D eigenvalue weighted by Crippen LogP contribution is -2.35. The van der Waals surface area contributed by atoms with Gasteiger partial charge in [0.25, 0.3) is 10.0 Å². The SMILES string of the molecule is O=C(O)CN(c1ccc(Cl)c(C(=O)O)c1)S(=O)(=O)c1ccc(Br)cc1. The summed E-state index contributed by atoms with van der Waals surface area (Å²) in [5.74, 6) is -2.75. The number of rotatable bonds is 6. The number of anilines is 1. The van der Waals surface area contributed by atoms with E-state index in [0.717, 1.165) is 6.07 Å². The quantitative estimate of drug-likeness (QED) is 0.702. The Kier molecular flexibility index (Phi) is 5.71. The van der Waals surface area contributed by atoms with Crippen molar-refractivity contribution in [2.75, 3.05) is 10.8 Å². The van der Waals surface area contributed by atoms with Crippen molar-refractivity contribution in [3.8, 4) is 0 Å². The Morgan fingerprint density at radius 2 is 1.68 bits per heavy atom. The molecule has 0 unspecified atom stereocenters. The van der Waals surface area contributed by atoms with Gasteiger partial charge in [0.05, 0.1) is 21.2 Å². The lowest BCUT2D eigenvalue weighted by Gasteiger charge is -2.23. The molecule has 0 aliphatic rings. The minimum Gasteiger partial charge on any atom is -0.480 e. The Hall–Kier alpha value is -2.10. The molecule has 10 heteroatoms. The highest BCUT2D eigenvalue weighted by Crippen LogP contribution is 2.28. The van der Waals surface area contributed by atoms with Crippen LogP contribution in [0.2, 0.25) is 5.02 Å². The third kappa shape index (κ3) is 4.30. The largest absolute Gasteiger partial charge is 0.480 e. The number of carboxylic acids is 2. The van der Waals surface area contributed by atoms with E-state index in [1.807, 2.05) is 0 Å². The molecule has 0 spiro atoms. The molecule has 0 atom stereocenters. The molecule has 0 bridgehead atoms. The summed E-state index contributed by atoms with van der Waals surface area (Å²) < 4.78 is 26.9. The molecule has 0 aliphatic heterocycles. The van der Waals surface area contributed by atoms with E-state index in [0.29, 0.717) is 8.78 Å². The normalized spacial score (nSPS) is 11.1. The minimum absolute atomic E-state index is 0.0902. The first-order valence-electron chi connectivity index (χ1n) is 6.66. The number of benzene rings is 2. The Labute approximate surface area is 156 Å². The fourth-order valence-electron chi connectivity index (χ4n) is 2.00. The van der Waals surface area contributed by atoms with Gasteiger partial charge in [-0.3, -0.25) is 9.10 Å². The number of hydrogen-bond acceptors (Lipinski definition) is 4. The second-order valence-corrected chi connectivity index (χ2v) is 8.01. The van der Waals surface area contributed by atoms with E-state index < -0.39 is 28.5 Å². The number of carbonyl (C=O) groups is 2. The predicted molar refractivity (Wildman–Crippen MR) is 94.7 cm³/mol. The first-order valence-corrected chi connectivity index (χ1v) is 9.27. The van der Waals surface area contributed by atoms with Crippen molar-refractivity contribution >= 4 is 55.2 Å². The van der Waals surface area contributed by atoms with E-state index >= 15 is 0 Å². The van der Waals surface area contributed by atoms with E-state index in [4.69, 9.17) is 21.8 Å². The van der Waals surface area contributed by atoms with Gasteiger partial charge in [0.2, 0.25) is 0 Å². The maximum absolute atomic E-state index is 12.8.